The van der Waals surface area contributed by atoms with Crippen LogP contribution >= 0.6 is 0 Å². The predicted molar refractivity (Wildman–Crippen MR) is 121 cm³/mol. The minimum atomic E-state index is -0.0680. The second-order valence-electron chi connectivity index (χ2n) is 8.84. The van der Waals surface area contributed by atoms with Gasteiger partial charge < -0.3 is 20.3 Å². The van der Waals surface area contributed by atoms with Gasteiger partial charge >= 0.3 is 6.03 Å². The second-order valence-corrected chi connectivity index (χ2v) is 8.84. The third kappa shape index (κ3) is 4.81. The number of rotatable bonds is 4. The Labute approximate surface area is 183 Å². The number of amides is 2. The lowest BCUT2D eigenvalue weighted by atomic mass is 9.87. The predicted octanol–water partition coefficient (Wildman–Crippen LogP) is 4.19. The number of urea groups is 1. The van der Waals surface area contributed by atoms with E-state index in [1.165, 1.54) is 36.0 Å². The molecule has 2 N–H and O–H groups in total. The first-order chi connectivity index (χ1) is 15.2. The Morgan fingerprint density at radius 3 is 2.74 bits per heavy atom. The molecule has 3 aliphatic rings. The number of carbonyl (C=O) groups excluding carboxylic acids is 1. The van der Waals surface area contributed by atoms with Gasteiger partial charge in [-0.3, -0.25) is 4.98 Å². The van der Waals surface area contributed by atoms with Gasteiger partial charge in [0.15, 0.2) is 0 Å². The summed E-state index contributed by atoms with van der Waals surface area (Å²) in [5.74, 6) is 0.774. The summed E-state index contributed by atoms with van der Waals surface area (Å²) in [6.45, 7) is 3.99. The molecule has 1 unspecified atom stereocenters. The molecule has 6 heteroatoms. The van der Waals surface area contributed by atoms with E-state index in [0.717, 1.165) is 43.3 Å². The molecule has 0 radical (unpaired) electrons. The van der Waals surface area contributed by atoms with Gasteiger partial charge in [0.25, 0.3) is 0 Å². The molecule has 0 saturated carbocycles. The second kappa shape index (κ2) is 9.20. The number of hydrogen-bond donors (Lipinski definition) is 2. The molecule has 162 valence electrons. The van der Waals surface area contributed by atoms with Crippen molar-refractivity contribution in [2.24, 2.45) is 5.92 Å². The van der Waals surface area contributed by atoms with Crippen molar-refractivity contribution >= 4 is 17.3 Å². The van der Waals surface area contributed by atoms with Crippen LogP contribution in [0.15, 0.2) is 48.8 Å². The standard InChI is InChI=1S/C25H30N4O2/c30-25(29-16-21-5-9-26-15-22(21)17-29)28-23-3-1-19(2-4-23)20-6-10-27-24(14-20)13-18-7-11-31-12-8-18/h1-6,9,15,18,24,27H,7-8,10-14,16-17H2,(H,28,30). The summed E-state index contributed by atoms with van der Waals surface area (Å²) in [4.78, 5) is 18.6. The van der Waals surface area contributed by atoms with Gasteiger partial charge in [-0.2, -0.15) is 0 Å². The van der Waals surface area contributed by atoms with Gasteiger partial charge in [-0.05, 0) is 72.1 Å². The number of aromatic nitrogens is 1. The van der Waals surface area contributed by atoms with Gasteiger partial charge in [-0.25, -0.2) is 4.79 Å². The summed E-state index contributed by atoms with van der Waals surface area (Å²) < 4.78 is 5.50. The van der Waals surface area contributed by atoms with E-state index in [1.807, 2.05) is 29.3 Å². The van der Waals surface area contributed by atoms with Gasteiger partial charge in [0.2, 0.25) is 0 Å². The van der Waals surface area contributed by atoms with E-state index in [1.54, 1.807) is 6.20 Å². The van der Waals surface area contributed by atoms with Crippen molar-refractivity contribution in [1.82, 2.24) is 15.2 Å². The largest absolute Gasteiger partial charge is 0.381 e. The van der Waals surface area contributed by atoms with Crippen LogP contribution in [0.4, 0.5) is 10.5 Å². The minimum Gasteiger partial charge on any atom is -0.381 e. The average Bonchev–Trinajstić information content (AvgIpc) is 3.25. The molecule has 0 spiro atoms. The molecular formula is C25H30N4O2. The molecule has 2 aromatic rings. The maximum atomic E-state index is 12.7. The molecule has 1 fully saturated rings. The van der Waals surface area contributed by atoms with Gasteiger partial charge in [-0.1, -0.05) is 18.2 Å². The zero-order valence-corrected chi connectivity index (χ0v) is 17.8. The first-order valence-corrected chi connectivity index (χ1v) is 11.3. The monoisotopic (exact) mass is 418 g/mol. The summed E-state index contributed by atoms with van der Waals surface area (Å²) >= 11 is 0. The molecule has 5 rings (SSSR count). The summed E-state index contributed by atoms with van der Waals surface area (Å²) in [7, 11) is 0. The maximum Gasteiger partial charge on any atom is 0.322 e. The fraction of sp³-hybridized carbons (Fsp3) is 0.440. The SMILES string of the molecule is O=C(Nc1ccc(C2=CCNC(CC3CCOCC3)C2)cc1)N1Cc2ccncc2C1. The number of nitrogens with one attached hydrogen (secondary N) is 2. The van der Waals surface area contributed by atoms with E-state index in [-0.39, 0.29) is 6.03 Å². The first-order valence-electron chi connectivity index (χ1n) is 11.3. The highest BCUT2D eigenvalue weighted by Gasteiger charge is 2.24. The van der Waals surface area contributed by atoms with Crippen molar-refractivity contribution < 1.29 is 9.53 Å². The Bertz CT molecular complexity index is 925. The molecule has 1 aromatic heterocycles. The average molecular weight is 419 g/mol. The number of carbonyl (C=O) groups is 1. The minimum absolute atomic E-state index is 0.0680. The molecule has 3 aliphatic heterocycles. The van der Waals surface area contributed by atoms with Crippen molar-refractivity contribution in [2.75, 3.05) is 25.1 Å². The molecule has 6 nitrogen and oxygen atoms in total. The van der Waals surface area contributed by atoms with E-state index in [9.17, 15) is 4.79 Å². The quantitative estimate of drug-likeness (QED) is 0.781. The van der Waals surface area contributed by atoms with Crippen LogP contribution in [-0.2, 0) is 17.8 Å². The Morgan fingerprint density at radius 1 is 1.13 bits per heavy atom. The van der Waals surface area contributed by atoms with Gasteiger partial charge in [-0.15, -0.1) is 0 Å². The molecule has 4 heterocycles. The van der Waals surface area contributed by atoms with E-state index >= 15 is 0 Å². The highest BCUT2D eigenvalue weighted by Crippen LogP contribution is 2.29. The fourth-order valence-corrected chi connectivity index (χ4v) is 4.89. The van der Waals surface area contributed by atoms with Crippen molar-refractivity contribution in [3.8, 4) is 0 Å². The number of ether oxygens (including phenoxy) is 1. The van der Waals surface area contributed by atoms with Gasteiger partial charge in [0, 0.05) is 57.0 Å². The number of benzene rings is 1. The first kappa shape index (κ1) is 20.2. The Kier molecular flexibility index (Phi) is 6.00. The van der Waals surface area contributed by atoms with Crippen LogP contribution in [0, 0.1) is 5.92 Å². The summed E-state index contributed by atoms with van der Waals surface area (Å²) in [6.07, 6.45) is 10.6. The lowest BCUT2D eigenvalue weighted by Crippen LogP contribution is -2.35. The molecule has 31 heavy (non-hydrogen) atoms. The third-order valence-corrected chi connectivity index (χ3v) is 6.70. The van der Waals surface area contributed by atoms with Crippen LogP contribution in [0.3, 0.4) is 0 Å². The van der Waals surface area contributed by atoms with E-state index in [0.29, 0.717) is 19.1 Å². The molecular weight excluding hydrogens is 388 g/mol. The number of fused-ring (bicyclic) bond motifs is 1. The Balaban J connectivity index is 1.16. The van der Waals surface area contributed by atoms with E-state index in [4.69, 9.17) is 4.74 Å². The van der Waals surface area contributed by atoms with Crippen molar-refractivity contribution in [3.63, 3.8) is 0 Å². The summed E-state index contributed by atoms with van der Waals surface area (Å²) in [6, 6.07) is 10.7. The van der Waals surface area contributed by atoms with Gasteiger partial charge in [0.05, 0.1) is 0 Å². The van der Waals surface area contributed by atoms with Crippen LogP contribution in [0.2, 0.25) is 0 Å². The third-order valence-electron chi connectivity index (χ3n) is 6.70. The van der Waals surface area contributed by atoms with Crippen molar-refractivity contribution in [2.45, 2.75) is 44.8 Å². The number of nitrogens with zero attached hydrogens (tertiary/aromatic N) is 2. The Hall–Kier alpha value is -2.70. The van der Waals surface area contributed by atoms with Crippen molar-refractivity contribution in [1.29, 1.82) is 0 Å². The highest BCUT2D eigenvalue weighted by molar-refractivity contribution is 5.90. The van der Waals surface area contributed by atoms with Crippen LogP contribution in [0.1, 0.15) is 42.4 Å². The number of hydrogen-bond acceptors (Lipinski definition) is 4. The molecule has 0 bridgehead atoms. The van der Waals surface area contributed by atoms with Crippen LogP contribution in [-0.4, -0.2) is 41.7 Å². The topological polar surface area (TPSA) is 66.5 Å². The molecule has 1 aromatic carbocycles. The molecule has 0 aliphatic carbocycles. The molecule has 1 atom stereocenters. The number of pyridine rings is 1. The van der Waals surface area contributed by atoms with Crippen LogP contribution < -0.4 is 10.6 Å². The molecule has 2 amide bonds. The lowest BCUT2D eigenvalue weighted by molar-refractivity contribution is 0.0607. The van der Waals surface area contributed by atoms with Crippen LogP contribution in [0.5, 0.6) is 0 Å². The summed E-state index contributed by atoms with van der Waals surface area (Å²) in [5.41, 5.74) is 5.78. The van der Waals surface area contributed by atoms with Crippen molar-refractivity contribution in [3.05, 3.63) is 65.5 Å². The lowest BCUT2D eigenvalue weighted by Gasteiger charge is -2.30. The molecule has 1 saturated heterocycles. The normalized spacial score (nSPS) is 21.5. The highest BCUT2D eigenvalue weighted by atomic mass is 16.5. The maximum absolute atomic E-state index is 12.7. The zero-order valence-electron chi connectivity index (χ0n) is 17.8. The zero-order chi connectivity index (χ0) is 21.0. The smallest absolute Gasteiger partial charge is 0.322 e. The fourth-order valence-electron chi connectivity index (χ4n) is 4.89. The van der Waals surface area contributed by atoms with E-state index in [2.05, 4.69) is 33.8 Å². The van der Waals surface area contributed by atoms with Gasteiger partial charge in [0.1, 0.15) is 0 Å². The Morgan fingerprint density at radius 2 is 1.94 bits per heavy atom. The number of anilines is 1. The summed E-state index contributed by atoms with van der Waals surface area (Å²) in [5, 5.41) is 6.69. The van der Waals surface area contributed by atoms with E-state index < -0.39 is 0 Å². The van der Waals surface area contributed by atoms with Crippen LogP contribution in [0.25, 0.3) is 5.57 Å².